The molecule has 2 aliphatic heterocycles. The minimum absolute atomic E-state index is 0.276. The number of hydrogen-bond donors (Lipinski definition) is 2. The molecule has 0 aliphatic carbocycles. The molecule has 5 rings (SSSR count). The molecule has 34 heavy (non-hydrogen) atoms. The van der Waals surface area contributed by atoms with Gasteiger partial charge in [-0.25, -0.2) is 4.98 Å². The van der Waals surface area contributed by atoms with Crippen LogP contribution in [-0.4, -0.2) is 56.7 Å². The van der Waals surface area contributed by atoms with Crippen molar-refractivity contribution in [1.82, 2.24) is 9.97 Å². The number of halogens is 1. The molecule has 0 saturated carbocycles. The van der Waals surface area contributed by atoms with Crippen molar-refractivity contribution >= 4 is 47.2 Å². The summed E-state index contributed by atoms with van der Waals surface area (Å²) in [4.78, 5) is 8.90. The summed E-state index contributed by atoms with van der Waals surface area (Å²) >= 11 is 6.38. The van der Waals surface area contributed by atoms with Gasteiger partial charge in [-0.15, -0.1) is 0 Å². The zero-order valence-electron chi connectivity index (χ0n) is 19.3. The third-order valence-electron chi connectivity index (χ3n) is 6.01. The highest BCUT2D eigenvalue weighted by atomic mass is 35.5. The monoisotopic (exact) mass is 501 g/mol. The highest BCUT2D eigenvalue weighted by molar-refractivity contribution is 7.70. The molecule has 2 aromatic heterocycles. The van der Waals surface area contributed by atoms with E-state index in [1.807, 2.05) is 47.3 Å². The summed E-state index contributed by atoms with van der Waals surface area (Å²) < 4.78 is 25.8. The topological polar surface area (TPSA) is 92.5 Å². The number of ether oxygens (including phenoxy) is 2. The van der Waals surface area contributed by atoms with E-state index in [9.17, 15) is 4.57 Å². The van der Waals surface area contributed by atoms with Crippen LogP contribution < -0.4 is 30.4 Å². The summed E-state index contributed by atoms with van der Waals surface area (Å²) in [6.07, 6.45) is 3.50. The molecule has 0 bridgehead atoms. The molecule has 1 aromatic carbocycles. The first-order chi connectivity index (χ1) is 16.3. The second-order valence-corrected chi connectivity index (χ2v) is 12.7. The summed E-state index contributed by atoms with van der Waals surface area (Å²) in [5.74, 6) is 1.41. The van der Waals surface area contributed by atoms with E-state index >= 15 is 0 Å². The van der Waals surface area contributed by atoms with E-state index in [0.29, 0.717) is 28.4 Å². The lowest BCUT2D eigenvalue weighted by Gasteiger charge is -2.51. The second-order valence-electron chi connectivity index (χ2n) is 9.10. The molecule has 11 heteroatoms. The average Bonchev–Trinajstić information content (AvgIpc) is 2.74. The molecule has 2 N–H and O–H groups in total. The fourth-order valence-corrected chi connectivity index (χ4v) is 5.56. The predicted octanol–water partition coefficient (Wildman–Crippen LogP) is 3.13. The molecule has 2 fully saturated rings. The van der Waals surface area contributed by atoms with Gasteiger partial charge in [-0.3, -0.25) is 0 Å². The van der Waals surface area contributed by atoms with Gasteiger partial charge in [-0.1, -0.05) is 23.7 Å². The van der Waals surface area contributed by atoms with Crippen LogP contribution in [-0.2, 0) is 9.30 Å². The van der Waals surface area contributed by atoms with Crippen molar-refractivity contribution in [2.45, 2.75) is 0 Å². The van der Waals surface area contributed by atoms with E-state index in [0.717, 1.165) is 37.3 Å². The molecule has 0 atom stereocenters. The molecule has 178 valence electrons. The van der Waals surface area contributed by atoms with Crippen LogP contribution >= 0.6 is 18.7 Å². The van der Waals surface area contributed by atoms with Crippen molar-refractivity contribution in [3.8, 4) is 5.88 Å². The number of benzene rings is 1. The largest absolute Gasteiger partial charge is 0.444 e. The van der Waals surface area contributed by atoms with E-state index in [1.54, 1.807) is 20.4 Å². The van der Waals surface area contributed by atoms with E-state index in [1.165, 1.54) is 6.20 Å². The van der Waals surface area contributed by atoms with Crippen molar-refractivity contribution in [2.75, 3.05) is 62.4 Å². The van der Waals surface area contributed by atoms with Gasteiger partial charge >= 0.3 is 5.88 Å². The normalized spacial score (nSPS) is 16.5. The smallest absolute Gasteiger partial charge is 0.421 e. The van der Waals surface area contributed by atoms with Gasteiger partial charge in [0.2, 0.25) is 12.1 Å². The summed E-state index contributed by atoms with van der Waals surface area (Å²) in [6, 6.07) is 11.3. The maximum atomic E-state index is 12.7. The number of aromatic nitrogens is 3. The molecular weight excluding hydrogens is 475 g/mol. The van der Waals surface area contributed by atoms with Gasteiger partial charge in [0, 0.05) is 11.4 Å². The van der Waals surface area contributed by atoms with E-state index in [2.05, 4.69) is 25.6 Å². The van der Waals surface area contributed by atoms with Crippen LogP contribution in [0.5, 0.6) is 5.88 Å². The maximum absolute atomic E-state index is 12.7. The quantitative estimate of drug-likeness (QED) is 0.377. The van der Waals surface area contributed by atoms with Crippen LogP contribution in [0.3, 0.4) is 0 Å². The fraction of sp³-hybridized carbons (Fsp3) is 0.348. The number of hydrogen-bond acceptors (Lipinski definition) is 8. The minimum Gasteiger partial charge on any atom is -0.444 e. The average molecular weight is 502 g/mol. The molecule has 4 heterocycles. The molecule has 2 saturated heterocycles. The Balaban J connectivity index is 1.40. The number of nitrogens with one attached hydrogen (secondary N) is 2. The summed E-state index contributed by atoms with van der Waals surface area (Å²) in [5, 5.41) is 9.76. The van der Waals surface area contributed by atoms with Gasteiger partial charge in [0.05, 0.1) is 50.7 Å². The zero-order chi connectivity index (χ0) is 23.9. The van der Waals surface area contributed by atoms with Gasteiger partial charge in [-0.2, -0.15) is 9.99 Å². The lowest BCUT2D eigenvalue weighted by molar-refractivity contribution is -0.710. The standard InChI is InChI=1S/C23H27ClN6O3P/c1-32-21-18(8-6-10-30(21)29-12-23(13-29)14-33-15-23)27-22-25-11-16(24)20(28-22)26-17-7-4-5-9-19(17)34(2,3)31/h4-11H,12-15H2,1-3H3,(H2,25,26,27,28)/q+1. The molecule has 3 aromatic rings. The number of methoxy groups -OCH3 is 1. The Morgan fingerprint density at radius 3 is 2.56 bits per heavy atom. The summed E-state index contributed by atoms with van der Waals surface area (Å²) in [5.41, 5.74) is 1.69. The van der Waals surface area contributed by atoms with Crippen LogP contribution in [0.2, 0.25) is 5.02 Å². The Labute approximate surface area is 203 Å². The molecule has 1 spiro atoms. The Hall–Kier alpha value is -2.87. The molecule has 0 unspecified atom stereocenters. The van der Waals surface area contributed by atoms with Gasteiger partial charge in [0.15, 0.2) is 11.5 Å². The Kier molecular flexibility index (Phi) is 5.88. The first-order valence-electron chi connectivity index (χ1n) is 10.9. The number of nitrogens with zero attached hydrogens (tertiary/aromatic N) is 4. The maximum Gasteiger partial charge on any atom is 0.421 e. The van der Waals surface area contributed by atoms with Crippen molar-refractivity contribution in [1.29, 1.82) is 0 Å². The zero-order valence-corrected chi connectivity index (χ0v) is 20.9. The van der Waals surface area contributed by atoms with Gasteiger partial charge in [-0.05, 0) is 36.2 Å². The third-order valence-corrected chi connectivity index (χ3v) is 7.83. The van der Waals surface area contributed by atoms with Crippen molar-refractivity contribution in [3.63, 3.8) is 0 Å². The molecule has 2 aliphatic rings. The SMILES string of the molecule is COc1c(Nc2ncc(Cl)c(Nc3ccccc3P(C)(C)=O)n2)ccc[n+]1N1CC2(COC2)C1. The first-order valence-corrected chi connectivity index (χ1v) is 13.9. The summed E-state index contributed by atoms with van der Waals surface area (Å²) in [7, 11) is -0.863. The lowest BCUT2D eigenvalue weighted by Crippen LogP contribution is -2.77. The van der Waals surface area contributed by atoms with Gasteiger partial charge < -0.3 is 24.7 Å². The van der Waals surface area contributed by atoms with Gasteiger partial charge in [0.25, 0.3) is 0 Å². The van der Waals surface area contributed by atoms with Crippen molar-refractivity contribution in [3.05, 3.63) is 53.8 Å². The van der Waals surface area contributed by atoms with E-state index < -0.39 is 7.14 Å². The van der Waals surface area contributed by atoms with Gasteiger partial charge in [0.1, 0.15) is 12.2 Å². The van der Waals surface area contributed by atoms with E-state index in [-0.39, 0.29) is 5.41 Å². The van der Waals surface area contributed by atoms with Crippen LogP contribution in [0.1, 0.15) is 0 Å². The molecule has 0 amide bonds. The van der Waals surface area contributed by atoms with Crippen LogP contribution in [0.15, 0.2) is 48.8 Å². The molecule has 0 radical (unpaired) electrons. The molecule has 9 nitrogen and oxygen atoms in total. The fourth-order valence-electron chi connectivity index (χ4n) is 4.27. The van der Waals surface area contributed by atoms with Crippen LogP contribution in [0.25, 0.3) is 0 Å². The number of pyridine rings is 1. The second kappa shape index (κ2) is 8.73. The molecular formula is C23H27ClN6O3P+. The Morgan fingerprint density at radius 2 is 1.88 bits per heavy atom. The van der Waals surface area contributed by atoms with Crippen LogP contribution in [0.4, 0.5) is 23.1 Å². The van der Waals surface area contributed by atoms with E-state index in [4.69, 9.17) is 21.1 Å². The number of rotatable bonds is 7. The van der Waals surface area contributed by atoms with Crippen molar-refractivity contribution in [2.24, 2.45) is 5.41 Å². The Bertz CT molecular complexity index is 1270. The number of para-hydroxylation sites is 1. The minimum atomic E-state index is -2.50. The first kappa shape index (κ1) is 22.9. The van der Waals surface area contributed by atoms with Crippen LogP contribution in [0, 0.1) is 5.41 Å². The number of anilines is 4. The predicted molar refractivity (Wildman–Crippen MR) is 134 cm³/mol. The Morgan fingerprint density at radius 1 is 1.15 bits per heavy atom. The third kappa shape index (κ3) is 4.31. The summed E-state index contributed by atoms with van der Waals surface area (Å²) in [6.45, 7) is 6.93. The highest BCUT2D eigenvalue weighted by Gasteiger charge is 2.53. The van der Waals surface area contributed by atoms with Crippen molar-refractivity contribution < 1.29 is 18.7 Å². The highest BCUT2D eigenvalue weighted by Crippen LogP contribution is 2.39. The lowest BCUT2D eigenvalue weighted by atomic mass is 9.79.